The van der Waals surface area contributed by atoms with Crippen molar-refractivity contribution in [3.63, 3.8) is 0 Å². The number of ether oxygens (including phenoxy) is 2. The first-order chi connectivity index (χ1) is 9.60. The molecule has 110 valence electrons. The molecule has 0 unspecified atom stereocenters. The van der Waals surface area contributed by atoms with Gasteiger partial charge in [0, 0.05) is 17.6 Å². The summed E-state index contributed by atoms with van der Waals surface area (Å²) in [6, 6.07) is 3.87. The number of carboxylic acids is 1. The fraction of sp³-hybridized carbons (Fsp3) is 0.500. The van der Waals surface area contributed by atoms with Crippen LogP contribution in [0, 0.1) is 0 Å². The highest BCUT2D eigenvalue weighted by Crippen LogP contribution is 2.35. The van der Waals surface area contributed by atoms with Gasteiger partial charge >= 0.3 is 5.97 Å². The summed E-state index contributed by atoms with van der Waals surface area (Å²) >= 11 is 3.53. The van der Waals surface area contributed by atoms with Crippen LogP contribution in [0.2, 0.25) is 0 Å². The van der Waals surface area contributed by atoms with Gasteiger partial charge in [0.15, 0.2) is 11.5 Å². The maximum atomic E-state index is 10.7. The first-order valence-electron chi connectivity index (χ1n) is 6.62. The number of carbonyl (C=O) groups is 1. The van der Waals surface area contributed by atoms with Crippen LogP contribution in [0.4, 0.5) is 0 Å². The molecule has 1 aliphatic rings. The molecule has 20 heavy (non-hydrogen) atoms. The average Bonchev–Trinajstić information content (AvgIpc) is 2.43. The Hall–Kier alpha value is -1.27. The van der Waals surface area contributed by atoms with Gasteiger partial charge in [-0.3, -0.25) is 9.69 Å². The second-order valence-corrected chi connectivity index (χ2v) is 5.45. The molecule has 0 aromatic heterocycles. The first-order valence-corrected chi connectivity index (χ1v) is 7.41. The fourth-order valence-corrected chi connectivity index (χ4v) is 2.52. The van der Waals surface area contributed by atoms with E-state index >= 15 is 0 Å². The van der Waals surface area contributed by atoms with E-state index in [9.17, 15) is 4.79 Å². The van der Waals surface area contributed by atoms with Gasteiger partial charge in [-0.25, -0.2) is 0 Å². The van der Waals surface area contributed by atoms with Crippen molar-refractivity contribution in [1.82, 2.24) is 4.90 Å². The third-order valence-electron chi connectivity index (χ3n) is 3.19. The minimum atomic E-state index is -0.773. The van der Waals surface area contributed by atoms with Crippen molar-refractivity contribution in [2.75, 3.05) is 26.3 Å². The molecule has 0 radical (unpaired) electrons. The van der Waals surface area contributed by atoms with Gasteiger partial charge in [-0.05, 0) is 24.2 Å². The van der Waals surface area contributed by atoms with Crippen LogP contribution in [0.1, 0.15) is 18.9 Å². The van der Waals surface area contributed by atoms with Crippen LogP contribution in [0.25, 0.3) is 0 Å². The maximum Gasteiger partial charge on any atom is 0.304 e. The zero-order valence-corrected chi connectivity index (χ0v) is 13.0. The average molecular weight is 344 g/mol. The summed E-state index contributed by atoms with van der Waals surface area (Å²) in [5.74, 6) is 0.730. The van der Waals surface area contributed by atoms with Crippen LogP contribution in [0.3, 0.4) is 0 Å². The number of hydrogen-bond donors (Lipinski definition) is 1. The Kier molecular flexibility index (Phi) is 5.25. The van der Waals surface area contributed by atoms with E-state index < -0.39 is 5.97 Å². The van der Waals surface area contributed by atoms with Crippen molar-refractivity contribution >= 4 is 21.9 Å². The predicted octanol–water partition coefficient (Wildman–Crippen LogP) is 2.52. The Morgan fingerprint density at radius 1 is 1.35 bits per heavy atom. The van der Waals surface area contributed by atoms with E-state index in [0.717, 1.165) is 28.1 Å². The maximum absolute atomic E-state index is 10.7. The smallest absolute Gasteiger partial charge is 0.304 e. The highest BCUT2D eigenvalue weighted by atomic mass is 79.9. The van der Waals surface area contributed by atoms with Crippen molar-refractivity contribution in [2.45, 2.75) is 19.9 Å². The van der Waals surface area contributed by atoms with Gasteiger partial charge in [0.05, 0.1) is 6.42 Å². The minimum Gasteiger partial charge on any atom is -0.486 e. The molecule has 5 nitrogen and oxygen atoms in total. The van der Waals surface area contributed by atoms with Gasteiger partial charge in [-0.2, -0.15) is 0 Å². The van der Waals surface area contributed by atoms with Crippen molar-refractivity contribution in [3.05, 3.63) is 22.2 Å². The summed E-state index contributed by atoms with van der Waals surface area (Å²) in [6.45, 7) is 5.17. The van der Waals surface area contributed by atoms with Gasteiger partial charge in [0.1, 0.15) is 13.2 Å². The van der Waals surface area contributed by atoms with E-state index in [0.29, 0.717) is 26.3 Å². The molecule has 0 fully saturated rings. The van der Waals surface area contributed by atoms with Gasteiger partial charge in [0.25, 0.3) is 0 Å². The lowest BCUT2D eigenvalue weighted by molar-refractivity contribution is -0.137. The van der Waals surface area contributed by atoms with E-state index in [2.05, 4.69) is 20.8 Å². The number of benzene rings is 1. The first kappa shape index (κ1) is 15.1. The lowest BCUT2D eigenvalue weighted by Gasteiger charge is -2.23. The number of nitrogens with zero attached hydrogens (tertiary/aromatic N) is 1. The predicted molar refractivity (Wildman–Crippen MR) is 78.3 cm³/mol. The standard InChI is InChI=1S/C14H18BrNO4/c1-2-16(4-3-14(17)18)9-10-7-12-13(8-11(10)15)20-6-5-19-12/h7-8H,2-6,9H2,1H3,(H,17,18). The monoisotopic (exact) mass is 343 g/mol. The van der Waals surface area contributed by atoms with E-state index in [1.165, 1.54) is 0 Å². The molecule has 0 amide bonds. The summed E-state index contributed by atoms with van der Waals surface area (Å²) < 4.78 is 12.1. The molecule has 0 bridgehead atoms. The zero-order valence-electron chi connectivity index (χ0n) is 11.4. The Morgan fingerprint density at radius 2 is 2.00 bits per heavy atom. The third-order valence-corrected chi connectivity index (χ3v) is 3.93. The van der Waals surface area contributed by atoms with Gasteiger partial charge in [0.2, 0.25) is 0 Å². The Labute approximate surface area is 126 Å². The second kappa shape index (κ2) is 6.95. The summed E-state index contributed by atoms with van der Waals surface area (Å²) in [7, 11) is 0. The van der Waals surface area contributed by atoms with Crippen molar-refractivity contribution in [1.29, 1.82) is 0 Å². The molecule has 1 aromatic carbocycles. The molecule has 1 aliphatic heterocycles. The molecular weight excluding hydrogens is 326 g/mol. The number of carboxylic acid groups (broad SMARTS) is 1. The highest BCUT2D eigenvalue weighted by Gasteiger charge is 2.16. The van der Waals surface area contributed by atoms with Crippen molar-refractivity contribution < 1.29 is 19.4 Å². The summed E-state index contributed by atoms with van der Waals surface area (Å²) in [5, 5.41) is 8.76. The Balaban J connectivity index is 2.09. The van der Waals surface area contributed by atoms with E-state index in [1.807, 2.05) is 19.1 Å². The lowest BCUT2D eigenvalue weighted by Crippen LogP contribution is -2.26. The molecule has 1 aromatic rings. The molecule has 1 N–H and O–H groups in total. The van der Waals surface area contributed by atoms with Gasteiger partial charge in [-0.15, -0.1) is 0 Å². The summed E-state index contributed by atoms with van der Waals surface area (Å²) in [5.41, 5.74) is 1.07. The van der Waals surface area contributed by atoms with E-state index in [-0.39, 0.29) is 6.42 Å². The minimum absolute atomic E-state index is 0.149. The number of fused-ring (bicyclic) bond motifs is 1. The molecule has 0 saturated carbocycles. The van der Waals surface area contributed by atoms with Gasteiger partial charge < -0.3 is 14.6 Å². The zero-order chi connectivity index (χ0) is 14.5. The van der Waals surface area contributed by atoms with E-state index in [1.54, 1.807) is 0 Å². The summed E-state index contributed by atoms with van der Waals surface area (Å²) in [4.78, 5) is 12.7. The van der Waals surface area contributed by atoms with Crippen LogP contribution in [0.5, 0.6) is 11.5 Å². The lowest BCUT2D eigenvalue weighted by atomic mass is 10.1. The number of hydrogen-bond acceptors (Lipinski definition) is 4. The number of rotatable bonds is 6. The molecular formula is C14H18BrNO4. The molecule has 0 aliphatic carbocycles. The SMILES string of the molecule is CCN(CCC(=O)O)Cc1cc2c(cc1Br)OCCO2. The molecule has 1 heterocycles. The van der Waals surface area contributed by atoms with Crippen LogP contribution in [-0.2, 0) is 11.3 Å². The number of halogens is 1. The third kappa shape index (κ3) is 3.86. The van der Waals surface area contributed by atoms with Crippen LogP contribution in [0.15, 0.2) is 16.6 Å². The summed E-state index contributed by atoms with van der Waals surface area (Å²) in [6.07, 6.45) is 0.149. The van der Waals surface area contributed by atoms with E-state index in [4.69, 9.17) is 14.6 Å². The highest BCUT2D eigenvalue weighted by molar-refractivity contribution is 9.10. The van der Waals surface area contributed by atoms with Crippen LogP contribution < -0.4 is 9.47 Å². The Bertz CT molecular complexity index is 492. The quantitative estimate of drug-likeness (QED) is 0.859. The largest absolute Gasteiger partial charge is 0.486 e. The van der Waals surface area contributed by atoms with Crippen molar-refractivity contribution in [3.8, 4) is 11.5 Å². The van der Waals surface area contributed by atoms with Crippen molar-refractivity contribution in [2.24, 2.45) is 0 Å². The molecule has 0 saturated heterocycles. The van der Waals surface area contributed by atoms with Crippen LogP contribution >= 0.6 is 15.9 Å². The molecule has 0 atom stereocenters. The normalized spacial score (nSPS) is 13.6. The second-order valence-electron chi connectivity index (χ2n) is 4.60. The molecule has 0 spiro atoms. The van der Waals surface area contributed by atoms with Gasteiger partial charge in [-0.1, -0.05) is 22.9 Å². The van der Waals surface area contributed by atoms with Crippen LogP contribution in [-0.4, -0.2) is 42.3 Å². The Morgan fingerprint density at radius 3 is 2.60 bits per heavy atom. The fourth-order valence-electron chi connectivity index (χ4n) is 2.07. The number of aliphatic carboxylic acids is 1. The topological polar surface area (TPSA) is 59.0 Å². The molecule has 2 rings (SSSR count). The molecule has 6 heteroatoms.